The first-order valence-corrected chi connectivity index (χ1v) is 6.37. The van der Waals surface area contributed by atoms with Crippen LogP contribution in [0.25, 0.3) is 0 Å². The van der Waals surface area contributed by atoms with Gasteiger partial charge >= 0.3 is 12.2 Å². The van der Waals surface area contributed by atoms with Crippen LogP contribution in [0.2, 0.25) is 0 Å². The highest BCUT2D eigenvalue weighted by Gasteiger charge is 2.27. The van der Waals surface area contributed by atoms with Crippen molar-refractivity contribution < 1.29 is 26.4 Å². The van der Waals surface area contributed by atoms with Gasteiger partial charge in [-0.25, -0.2) is 18.4 Å². The molecule has 0 atom stereocenters. The van der Waals surface area contributed by atoms with E-state index in [0.29, 0.717) is 0 Å². The third-order valence-electron chi connectivity index (χ3n) is 1.89. The number of amides is 2. The molecule has 6 nitrogen and oxygen atoms in total. The number of urea groups is 1. The van der Waals surface area contributed by atoms with Gasteiger partial charge in [-0.3, -0.25) is 0 Å². The van der Waals surface area contributed by atoms with Crippen molar-refractivity contribution in [2.24, 2.45) is 5.14 Å². The van der Waals surface area contributed by atoms with Crippen LogP contribution in [0, 0.1) is 0 Å². The summed E-state index contributed by atoms with van der Waals surface area (Å²) >= 11 is 0. The molecule has 0 unspecified atom stereocenters. The molecule has 0 saturated carbocycles. The van der Waals surface area contributed by atoms with Gasteiger partial charge in [0.1, 0.15) is 6.54 Å². The molecule has 0 aliphatic rings. The van der Waals surface area contributed by atoms with Gasteiger partial charge in [-0.2, -0.15) is 13.2 Å². The lowest BCUT2D eigenvalue weighted by atomic mass is 10.3. The maximum atomic E-state index is 11.8. The average Bonchev–Trinajstić information content (AvgIpc) is 2.25. The summed E-state index contributed by atoms with van der Waals surface area (Å²) in [6.07, 6.45) is -4.51. The molecule has 0 aliphatic carbocycles. The smallest absolute Gasteiger partial charge is 0.329 e. The zero-order valence-corrected chi connectivity index (χ0v) is 10.2. The first-order chi connectivity index (χ1) is 8.58. The Hall–Kier alpha value is -1.81. The maximum Gasteiger partial charge on any atom is 0.405 e. The standard InChI is InChI=1S/C9H10F3N3O3S/c10-9(11,12)5-14-8(16)15-6-1-3-7(4-2-6)19(13,17)18/h1-4H,5H2,(H2,13,17,18)(H2,14,15,16). The van der Waals surface area contributed by atoms with Crippen molar-refractivity contribution >= 4 is 21.7 Å². The lowest BCUT2D eigenvalue weighted by Crippen LogP contribution is -2.36. The molecule has 106 valence electrons. The summed E-state index contributed by atoms with van der Waals surface area (Å²) in [5.41, 5.74) is 0.132. The summed E-state index contributed by atoms with van der Waals surface area (Å²) < 4.78 is 57.3. The normalized spacial score (nSPS) is 12.0. The summed E-state index contributed by atoms with van der Waals surface area (Å²) in [6.45, 7) is -1.46. The van der Waals surface area contributed by atoms with E-state index in [-0.39, 0.29) is 10.6 Å². The molecule has 0 heterocycles. The van der Waals surface area contributed by atoms with Gasteiger partial charge < -0.3 is 10.6 Å². The van der Waals surface area contributed by atoms with Crippen molar-refractivity contribution in [3.05, 3.63) is 24.3 Å². The first kappa shape index (κ1) is 15.2. The van der Waals surface area contributed by atoms with Crippen LogP contribution >= 0.6 is 0 Å². The van der Waals surface area contributed by atoms with E-state index >= 15 is 0 Å². The minimum atomic E-state index is -4.51. The largest absolute Gasteiger partial charge is 0.405 e. The fraction of sp³-hybridized carbons (Fsp3) is 0.222. The van der Waals surface area contributed by atoms with E-state index in [1.807, 2.05) is 0 Å². The van der Waals surface area contributed by atoms with Crippen molar-refractivity contribution in [3.63, 3.8) is 0 Å². The molecular weight excluding hydrogens is 287 g/mol. The molecule has 0 radical (unpaired) electrons. The van der Waals surface area contributed by atoms with Gasteiger partial charge in [0.15, 0.2) is 0 Å². The number of anilines is 1. The molecule has 19 heavy (non-hydrogen) atoms. The number of primary sulfonamides is 1. The second kappa shape index (κ2) is 5.45. The van der Waals surface area contributed by atoms with Gasteiger partial charge in [0, 0.05) is 5.69 Å². The molecule has 2 amide bonds. The molecule has 0 spiro atoms. The van der Waals surface area contributed by atoms with Gasteiger partial charge in [-0.1, -0.05) is 0 Å². The third-order valence-corrected chi connectivity index (χ3v) is 2.82. The van der Waals surface area contributed by atoms with Crippen molar-refractivity contribution in [2.75, 3.05) is 11.9 Å². The molecule has 0 bridgehead atoms. The van der Waals surface area contributed by atoms with Crippen LogP contribution in [0.3, 0.4) is 0 Å². The average molecular weight is 297 g/mol. The van der Waals surface area contributed by atoms with E-state index in [9.17, 15) is 26.4 Å². The van der Waals surface area contributed by atoms with Gasteiger partial charge in [0.2, 0.25) is 10.0 Å². The lowest BCUT2D eigenvalue weighted by molar-refractivity contribution is -0.122. The molecule has 10 heteroatoms. The number of sulfonamides is 1. The Kier molecular flexibility index (Phi) is 4.37. The van der Waals surface area contributed by atoms with Crippen molar-refractivity contribution in [1.29, 1.82) is 0 Å². The van der Waals surface area contributed by atoms with Gasteiger partial charge in [-0.05, 0) is 24.3 Å². The SMILES string of the molecule is NS(=O)(=O)c1ccc(NC(=O)NCC(F)(F)F)cc1. The highest BCUT2D eigenvalue weighted by atomic mass is 32.2. The number of carbonyl (C=O) groups excluding carboxylic acids is 1. The number of alkyl halides is 3. The fourth-order valence-corrected chi connectivity index (χ4v) is 1.60. The molecule has 0 saturated heterocycles. The Labute approximate surface area is 106 Å². The summed E-state index contributed by atoms with van der Waals surface area (Å²) in [5.74, 6) is 0. The second-order valence-electron chi connectivity index (χ2n) is 3.49. The monoisotopic (exact) mass is 297 g/mol. The Morgan fingerprint density at radius 3 is 2.16 bits per heavy atom. The van der Waals surface area contributed by atoms with Crippen LogP contribution in [0.5, 0.6) is 0 Å². The zero-order chi connectivity index (χ0) is 14.7. The molecule has 0 aliphatic heterocycles. The second-order valence-corrected chi connectivity index (χ2v) is 5.05. The van der Waals surface area contributed by atoms with Crippen molar-refractivity contribution in [2.45, 2.75) is 11.1 Å². The number of hydrogen-bond acceptors (Lipinski definition) is 3. The minimum Gasteiger partial charge on any atom is -0.329 e. The molecule has 4 N–H and O–H groups in total. The quantitative estimate of drug-likeness (QED) is 0.776. The number of nitrogens with two attached hydrogens (primary N) is 1. The zero-order valence-electron chi connectivity index (χ0n) is 9.36. The lowest BCUT2D eigenvalue weighted by Gasteiger charge is -2.09. The molecule has 0 aromatic heterocycles. The summed E-state index contributed by atoms with van der Waals surface area (Å²) in [5, 5.41) is 8.56. The van der Waals surface area contributed by atoms with E-state index < -0.39 is 28.8 Å². The minimum absolute atomic E-state index is 0.132. The molecular formula is C9H10F3N3O3S. The first-order valence-electron chi connectivity index (χ1n) is 4.82. The Morgan fingerprint density at radius 2 is 1.74 bits per heavy atom. The van der Waals surface area contributed by atoms with Gasteiger partial charge in [-0.15, -0.1) is 0 Å². The number of nitrogens with one attached hydrogen (secondary N) is 2. The summed E-state index contributed by atoms with van der Waals surface area (Å²) in [6, 6.07) is 3.59. The number of carbonyl (C=O) groups is 1. The van der Waals surface area contributed by atoms with Crippen LogP contribution in [0.4, 0.5) is 23.7 Å². The van der Waals surface area contributed by atoms with Crippen molar-refractivity contribution in [3.8, 4) is 0 Å². The number of benzene rings is 1. The van der Waals surface area contributed by atoms with Crippen LogP contribution in [-0.4, -0.2) is 27.2 Å². The highest BCUT2D eigenvalue weighted by molar-refractivity contribution is 7.89. The van der Waals surface area contributed by atoms with Crippen LogP contribution in [0.15, 0.2) is 29.2 Å². The van der Waals surface area contributed by atoms with Gasteiger partial charge in [0.25, 0.3) is 0 Å². The number of hydrogen-bond donors (Lipinski definition) is 3. The van der Waals surface area contributed by atoms with E-state index in [1.165, 1.54) is 12.1 Å². The van der Waals surface area contributed by atoms with E-state index in [2.05, 4.69) is 5.32 Å². The summed E-state index contributed by atoms with van der Waals surface area (Å²) in [4.78, 5) is 10.9. The van der Waals surface area contributed by atoms with E-state index in [1.54, 1.807) is 5.32 Å². The summed E-state index contributed by atoms with van der Waals surface area (Å²) in [7, 11) is -3.85. The van der Waals surface area contributed by atoms with E-state index in [0.717, 1.165) is 12.1 Å². The van der Waals surface area contributed by atoms with Crippen LogP contribution in [0.1, 0.15) is 0 Å². The molecule has 0 fully saturated rings. The molecule has 1 aromatic rings. The van der Waals surface area contributed by atoms with E-state index in [4.69, 9.17) is 5.14 Å². The Morgan fingerprint density at radius 1 is 1.21 bits per heavy atom. The number of rotatable bonds is 3. The predicted molar refractivity (Wildman–Crippen MR) is 60.9 cm³/mol. The molecule has 1 rings (SSSR count). The third kappa shape index (κ3) is 5.57. The maximum absolute atomic E-state index is 11.8. The Balaban J connectivity index is 2.61. The number of halogens is 3. The van der Waals surface area contributed by atoms with Crippen molar-refractivity contribution in [1.82, 2.24) is 5.32 Å². The topological polar surface area (TPSA) is 101 Å². The van der Waals surface area contributed by atoms with Crippen LogP contribution in [-0.2, 0) is 10.0 Å². The Bertz CT molecular complexity index is 554. The van der Waals surface area contributed by atoms with Crippen LogP contribution < -0.4 is 15.8 Å². The van der Waals surface area contributed by atoms with Gasteiger partial charge in [0.05, 0.1) is 4.90 Å². The fourth-order valence-electron chi connectivity index (χ4n) is 1.08. The predicted octanol–water partition coefficient (Wildman–Crippen LogP) is 1.02. The molecule has 1 aromatic carbocycles. The highest BCUT2D eigenvalue weighted by Crippen LogP contribution is 2.14.